The second-order valence-corrected chi connectivity index (χ2v) is 14.2. The van der Waals surface area contributed by atoms with Crippen molar-refractivity contribution in [2.24, 2.45) is 5.92 Å². The summed E-state index contributed by atoms with van der Waals surface area (Å²) >= 11 is 0. The van der Waals surface area contributed by atoms with Gasteiger partial charge in [-0.1, -0.05) is 47.5 Å². The first-order chi connectivity index (χ1) is 20.8. The fraction of sp³-hybridized carbons (Fsp3) is 0.323. The average Bonchev–Trinajstić information content (AvgIpc) is 2.98. The Balaban J connectivity index is 1.72. The van der Waals surface area contributed by atoms with Crippen molar-refractivity contribution in [3.05, 3.63) is 95.1 Å². The summed E-state index contributed by atoms with van der Waals surface area (Å²) in [5, 5.41) is 11.2. The van der Waals surface area contributed by atoms with Gasteiger partial charge in [0.2, 0.25) is 0 Å². The molecule has 13 heteroatoms. The Morgan fingerprint density at radius 2 is 1.14 bits per heavy atom. The molecule has 0 aliphatic carbocycles. The van der Waals surface area contributed by atoms with E-state index in [-0.39, 0.29) is 47.3 Å². The maximum atomic E-state index is 13.6. The highest BCUT2D eigenvalue weighted by atomic mass is 32.2. The number of carbonyl (C=O) groups is 3. The summed E-state index contributed by atoms with van der Waals surface area (Å²) in [7, 11) is -8.06. The molecule has 0 aliphatic heterocycles. The Kier molecular flexibility index (Phi) is 12.3. The van der Waals surface area contributed by atoms with Gasteiger partial charge in [-0.05, 0) is 50.2 Å². The van der Waals surface area contributed by atoms with Crippen LogP contribution in [-0.2, 0) is 33.9 Å². The summed E-state index contributed by atoms with van der Waals surface area (Å²) in [4.78, 5) is 36.5. The van der Waals surface area contributed by atoms with Crippen LogP contribution in [0, 0.1) is 19.8 Å². The molecule has 0 bridgehead atoms. The number of carboxylic acid groups (broad SMARTS) is 1. The Morgan fingerprint density at radius 1 is 0.682 bits per heavy atom. The lowest BCUT2D eigenvalue weighted by atomic mass is 9.99. The molecule has 2 N–H and O–H groups in total. The van der Waals surface area contributed by atoms with Crippen LogP contribution < -0.4 is 5.32 Å². The second kappa shape index (κ2) is 15.7. The lowest BCUT2D eigenvalue weighted by Crippen LogP contribution is -2.31. The van der Waals surface area contributed by atoms with Crippen LogP contribution >= 0.6 is 0 Å². The molecule has 11 nitrogen and oxygen atoms in total. The third kappa shape index (κ3) is 10.4. The van der Waals surface area contributed by atoms with Crippen molar-refractivity contribution in [1.82, 2.24) is 5.32 Å². The molecule has 0 fully saturated rings. The van der Waals surface area contributed by atoms with Gasteiger partial charge in [-0.25, -0.2) is 21.6 Å². The van der Waals surface area contributed by atoms with Crippen LogP contribution in [0.15, 0.2) is 82.6 Å². The van der Waals surface area contributed by atoms with Crippen LogP contribution in [-0.4, -0.2) is 84.1 Å². The van der Waals surface area contributed by atoms with E-state index in [2.05, 4.69) is 5.32 Å². The molecule has 1 amide bonds. The van der Waals surface area contributed by atoms with Crippen LogP contribution in [0.2, 0.25) is 0 Å². The normalized spacial score (nSPS) is 11.8. The van der Waals surface area contributed by atoms with E-state index in [1.54, 1.807) is 38.1 Å². The summed E-state index contributed by atoms with van der Waals surface area (Å²) in [5.41, 5.74) is 1.98. The van der Waals surface area contributed by atoms with E-state index in [0.717, 1.165) is 11.1 Å². The first-order valence-electron chi connectivity index (χ1n) is 13.7. The van der Waals surface area contributed by atoms with Gasteiger partial charge in [0.25, 0.3) is 5.91 Å². The number of aryl methyl sites for hydroxylation is 2. The summed E-state index contributed by atoms with van der Waals surface area (Å²) in [6, 6.07) is 17.7. The van der Waals surface area contributed by atoms with Crippen molar-refractivity contribution >= 4 is 37.3 Å². The third-order valence-corrected chi connectivity index (χ3v) is 10.2. The molecule has 0 saturated carbocycles. The predicted octanol–water partition coefficient (Wildman–Crippen LogP) is 2.90. The first-order valence-corrected chi connectivity index (χ1v) is 17.0. The summed E-state index contributed by atoms with van der Waals surface area (Å²) in [6.45, 7) is 3.74. The van der Waals surface area contributed by atoms with E-state index < -0.39 is 61.4 Å². The summed E-state index contributed by atoms with van der Waals surface area (Å²) in [5.74, 6) is -5.06. The van der Waals surface area contributed by atoms with Gasteiger partial charge in [-0.2, -0.15) is 0 Å². The van der Waals surface area contributed by atoms with Gasteiger partial charge in [0.1, 0.15) is 6.61 Å². The highest BCUT2D eigenvalue weighted by Crippen LogP contribution is 2.23. The van der Waals surface area contributed by atoms with Crippen LogP contribution in [0.1, 0.15) is 31.8 Å². The molecule has 0 saturated heterocycles. The SMILES string of the molecule is Cc1ccc(S(=O)(=O)CC(CS(=O)(=O)c2ccc(C)cc2)C(=O)c2ccc(C(=O)NCCOCCOCC(=O)O)cc2)cc1. The van der Waals surface area contributed by atoms with Gasteiger partial charge in [-0.15, -0.1) is 0 Å². The Hall–Kier alpha value is -3.91. The Morgan fingerprint density at radius 3 is 1.61 bits per heavy atom. The van der Waals surface area contributed by atoms with Crippen molar-refractivity contribution in [1.29, 1.82) is 0 Å². The second-order valence-electron chi connectivity index (χ2n) is 10.1. The molecule has 3 aromatic rings. The largest absolute Gasteiger partial charge is 0.480 e. The maximum absolute atomic E-state index is 13.6. The van der Waals surface area contributed by atoms with Gasteiger partial charge in [0, 0.05) is 17.7 Å². The van der Waals surface area contributed by atoms with E-state index in [0.29, 0.717) is 0 Å². The molecule has 3 rings (SSSR count). The number of ketones is 1. The quantitative estimate of drug-likeness (QED) is 0.164. The van der Waals surface area contributed by atoms with Crippen molar-refractivity contribution in [2.45, 2.75) is 23.6 Å². The lowest BCUT2D eigenvalue weighted by Gasteiger charge is -2.17. The molecule has 236 valence electrons. The zero-order chi connectivity index (χ0) is 32.3. The number of carboxylic acids is 1. The lowest BCUT2D eigenvalue weighted by molar-refractivity contribution is -0.142. The molecule has 0 aliphatic rings. The maximum Gasteiger partial charge on any atom is 0.329 e. The molecule has 0 radical (unpaired) electrons. The van der Waals surface area contributed by atoms with Crippen molar-refractivity contribution < 1.29 is 45.8 Å². The number of amides is 1. The molecule has 0 spiro atoms. The van der Waals surface area contributed by atoms with E-state index >= 15 is 0 Å². The molecule has 0 heterocycles. The number of sulfone groups is 2. The molecular formula is C31H35NO10S2. The number of rotatable bonds is 17. The van der Waals surface area contributed by atoms with Crippen LogP contribution in [0.3, 0.4) is 0 Å². The molecule has 0 unspecified atom stereocenters. The highest BCUT2D eigenvalue weighted by molar-refractivity contribution is 7.92. The minimum Gasteiger partial charge on any atom is -0.480 e. The Labute approximate surface area is 257 Å². The Bertz CT molecular complexity index is 1570. The minimum atomic E-state index is -4.03. The molecular weight excluding hydrogens is 610 g/mol. The fourth-order valence-electron chi connectivity index (χ4n) is 4.15. The van der Waals surface area contributed by atoms with Crippen molar-refractivity contribution in [3.63, 3.8) is 0 Å². The number of ether oxygens (including phenoxy) is 2. The summed E-state index contributed by atoms with van der Waals surface area (Å²) in [6.07, 6.45) is 0. The number of Topliss-reactive ketones (excluding diaryl/α,β-unsaturated/α-hetero) is 1. The first kappa shape index (κ1) is 34.6. The third-order valence-electron chi connectivity index (χ3n) is 6.53. The summed E-state index contributed by atoms with van der Waals surface area (Å²) < 4.78 is 63.2. The zero-order valence-electron chi connectivity index (χ0n) is 24.4. The van der Waals surface area contributed by atoms with Crippen molar-refractivity contribution in [2.75, 3.05) is 44.5 Å². The highest BCUT2D eigenvalue weighted by Gasteiger charge is 2.33. The predicted molar refractivity (Wildman–Crippen MR) is 162 cm³/mol. The number of nitrogens with one attached hydrogen (secondary N) is 1. The van der Waals surface area contributed by atoms with E-state index in [1.807, 2.05) is 0 Å². The van der Waals surface area contributed by atoms with Crippen LogP contribution in [0.4, 0.5) is 0 Å². The topological polar surface area (TPSA) is 170 Å². The molecule has 3 aromatic carbocycles. The van der Waals surface area contributed by atoms with Gasteiger partial charge >= 0.3 is 5.97 Å². The molecule has 44 heavy (non-hydrogen) atoms. The van der Waals surface area contributed by atoms with Gasteiger partial charge in [0.15, 0.2) is 25.5 Å². The van der Waals surface area contributed by atoms with E-state index in [9.17, 15) is 31.2 Å². The number of aliphatic carboxylic acids is 1. The smallest absolute Gasteiger partial charge is 0.329 e. The average molecular weight is 646 g/mol. The monoisotopic (exact) mass is 645 g/mol. The van der Waals surface area contributed by atoms with Gasteiger partial charge in [0.05, 0.1) is 47.0 Å². The molecule has 0 aromatic heterocycles. The van der Waals surface area contributed by atoms with Gasteiger partial charge in [-0.3, -0.25) is 9.59 Å². The zero-order valence-corrected chi connectivity index (χ0v) is 26.0. The number of carbonyl (C=O) groups excluding carboxylic acids is 2. The van der Waals surface area contributed by atoms with E-state index in [1.165, 1.54) is 48.5 Å². The molecule has 0 atom stereocenters. The number of hydrogen-bond donors (Lipinski definition) is 2. The standard InChI is InChI=1S/C31H35NO10S2/c1-22-3-11-27(12-4-22)43(37,38)20-26(21-44(39,40)28-13-5-23(2)6-14-28)30(35)24-7-9-25(10-8-24)31(36)32-15-16-41-17-18-42-19-29(33)34/h3-14,26H,15-21H2,1-2H3,(H,32,36)(H,33,34). The number of benzene rings is 3. The fourth-order valence-corrected chi connectivity index (χ4v) is 7.39. The van der Waals surface area contributed by atoms with E-state index in [4.69, 9.17) is 14.6 Å². The van der Waals surface area contributed by atoms with Gasteiger partial charge < -0.3 is 19.9 Å². The number of hydrogen-bond acceptors (Lipinski definition) is 9. The van der Waals surface area contributed by atoms with Crippen LogP contribution in [0.5, 0.6) is 0 Å². The van der Waals surface area contributed by atoms with Crippen molar-refractivity contribution in [3.8, 4) is 0 Å². The minimum absolute atomic E-state index is 0.0163. The van der Waals surface area contributed by atoms with Crippen LogP contribution in [0.25, 0.3) is 0 Å².